The van der Waals surface area contributed by atoms with Gasteiger partial charge in [0.25, 0.3) is 5.91 Å². The van der Waals surface area contributed by atoms with Crippen molar-refractivity contribution in [2.45, 2.75) is 19.8 Å². The highest BCUT2D eigenvalue weighted by atomic mass is 16.5. The van der Waals surface area contributed by atoms with E-state index < -0.39 is 0 Å². The second kappa shape index (κ2) is 12.3. The normalized spacial score (nSPS) is 10.4. The SMILES string of the molecule is COc1cc(C(=O)NCc2cccc(OCc3ccccn3)c2)cc(OC)c1OCc1ccccc1. The van der Waals surface area contributed by atoms with Crippen molar-refractivity contribution in [3.8, 4) is 23.0 Å². The Hall–Kier alpha value is -4.52. The van der Waals surface area contributed by atoms with Crippen LogP contribution in [0.15, 0.2) is 91.1 Å². The molecule has 0 bridgehead atoms. The summed E-state index contributed by atoms with van der Waals surface area (Å²) in [7, 11) is 3.06. The first kappa shape index (κ1) is 24.6. The third-order valence-electron chi connectivity index (χ3n) is 5.41. The lowest BCUT2D eigenvalue weighted by Crippen LogP contribution is -2.23. The van der Waals surface area contributed by atoms with Crippen molar-refractivity contribution in [1.29, 1.82) is 0 Å². The molecule has 1 aromatic heterocycles. The van der Waals surface area contributed by atoms with Gasteiger partial charge in [0.2, 0.25) is 5.75 Å². The van der Waals surface area contributed by atoms with Gasteiger partial charge in [0.1, 0.15) is 19.0 Å². The second-order valence-electron chi connectivity index (χ2n) is 7.92. The summed E-state index contributed by atoms with van der Waals surface area (Å²) in [5, 5.41) is 2.94. The fraction of sp³-hybridized carbons (Fsp3) is 0.172. The minimum absolute atomic E-state index is 0.263. The van der Waals surface area contributed by atoms with Crippen LogP contribution >= 0.6 is 0 Å². The summed E-state index contributed by atoms with van der Waals surface area (Å²) in [6.07, 6.45) is 1.73. The van der Waals surface area contributed by atoms with Crippen LogP contribution in [0, 0.1) is 0 Å². The molecule has 1 amide bonds. The molecule has 1 heterocycles. The minimum atomic E-state index is -0.263. The van der Waals surface area contributed by atoms with Crippen molar-refractivity contribution in [3.05, 3.63) is 114 Å². The number of hydrogen-bond acceptors (Lipinski definition) is 6. The number of aromatic nitrogens is 1. The highest BCUT2D eigenvalue weighted by Gasteiger charge is 2.18. The van der Waals surface area contributed by atoms with Gasteiger partial charge in [0, 0.05) is 18.3 Å². The number of nitrogens with zero attached hydrogens (tertiary/aromatic N) is 1. The number of benzene rings is 3. The molecule has 7 heteroatoms. The number of carbonyl (C=O) groups is 1. The summed E-state index contributed by atoms with van der Waals surface area (Å²) < 4.78 is 22.8. The van der Waals surface area contributed by atoms with Crippen LogP contribution < -0.4 is 24.3 Å². The van der Waals surface area contributed by atoms with Gasteiger partial charge in [-0.25, -0.2) is 0 Å². The Balaban J connectivity index is 1.40. The predicted molar refractivity (Wildman–Crippen MR) is 137 cm³/mol. The molecule has 0 radical (unpaired) electrons. The Morgan fingerprint density at radius 3 is 2.19 bits per heavy atom. The van der Waals surface area contributed by atoms with Crippen LogP contribution in [-0.4, -0.2) is 25.1 Å². The van der Waals surface area contributed by atoms with Crippen LogP contribution in [0.5, 0.6) is 23.0 Å². The van der Waals surface area contributed by atoms with Crippen molar-refractivity contribution >= 4 is 5.91 Å². The molecular weight excluding hydrogens is 456 g/mol. The molecular formula is C29H28N2O5. The Kier molecular flexibility index (Phi) is 8.38. The van der Waals surface area contributed by atoms with Gasteiger partial charge >= 0.3 is 0 Å². The van der Waals surface area contributed by atoms with Gasteiger partial charge in [-0.3, -0.25) is 9.78 Å². The van der Waals surface area contributed by atoms with E-state index in [9.17, 15) is 4.79 Å². The molecule has 0 fully saturated rings. The first-order valence-corrected chi connectivity index (χ1v) is 11.5. The average Bonchev–Trinajstić information content (AvgIpc) is 2.94. The third-order valence-corrected chi connectivity index (χ3v) is 5.41. The van der Waals surface area contributed by atoms with Crippen LogP contribution in [0.1, 0.15) is 27.2 Å². The largest absolute Gasteiger partial charge is 0.493 e. The van der Waals surface area contributed by atoms with Gasteiger partial charge in [-0.05, 0) is 47.5 Å². The van der Waals surface area contributed by atoms with E-state index in [4.69, 9.17) is 18.9 Å². The molecule has 0 saturated heterocycles. The number of nitrogens with one attached hydrogen (secondary N) is 1. The molecule has 4 rings (SSSR count). The Bertz CT molecular complexity index is 1250. The van der Waals surface area contributed by atoms with E-state index in [1.54, 1.807) is 18.3 Å². The lowest BCUT2D eigenvalue weighted by molar-refractivity contribution is 0.0950. The van der Waals surface area contributed by atoms with Crippen LogP contribution in [-0.2, 0) is 19.8 Å². The van der Waals surface area contributed by atoms with Crippen molar-refractivity contribution in [1.82, 2.24) is 10.3 Å². The molecule has 3 aromatic carbocycles. The van der Waals surface area contributed by atoms with E-state index in [0.29, 0.717) is 48.3 Å². The highest BCUT2D eigenvalue weighted by molar-refractivity contribution is 5.95. The number of ether oxygens (including phenoxy) is 4. The van der Waals surface area contributed by atoms with Gasteiger partial charge in [-0.2, -0.15) is 0 Å². The number of amides is 1. The minimum Gasteiger partial charge on any atom is -0.493 e. The lowest BCUT2D eigenvalue weighted by Gasteiger charge is -2.16. The first-order valence-electron chi connectivity index (χ1n) is 11.5. The Labute approximate surface area is 210 Å². The average molecular weight is 485 g/mol. The van der Waals surface area contributed by atoms with E-state index in [-0.39, 0.29) is 5.91 Å². The maximum Gasteiger partial charge on any atom is 0.251 e. The first-order chi connectivity index (χ1) is 17.7. The van der Waals surface area contributed by atoms with Crippen LogP contribution in [0.25, 0.3) is 0 Å². The summed E-state index contributed by atoms with van der Waals surface area (Å²) in [5.74, 6) is 1.72. The quantitative estimate of drug-likeness (QED) is 0.316. The van der Waals surface area contributed by atoms with Crippen LogP contribution in [0.3, 0.4) is 0 Å². The standard InChI is InChI=1S/C29H28N2O5/c1-33-26-16-23(17-27(34-2)28(26)36-19-21-9-4-3-5-10-21)29(32)31-18-22-11-8-13-25(15-22)35-20-24-12-6-7-14-30-24/h3-17H,18-20H2,1-2H3,(H,31,32). The van der Waals surface area contributed by atoms with Gasteiger partial charge in [0.05, 0.1) is 19.9 Å². The molecule has 1 N–H and O–H groups in total. The van der Waals surface area contributed by atoms with Gasteiger partial charge in [-0.1, -0.05) is 48.5 Å². The molecule has 36 heavy (non-hydrogen) atoms. The van der Waals surface area contributed by atoms with E-state index in [1.807, 2.05) is 72.8 Å². The molecule has 7 nitrogen and oxygen atoms in total. The molecule has 0 atom stereocenters. The maximum atomic E-state index is 12.9. The van der Waals surface area contributed by atoms with Gasteiger partial charge in [0.15, 0.2) is 11.5 Å². The van der Waals surface area contributed by atoms with Crippen molar-refractivity contribution in [3.63, 3.8) is 0 Å². The summed E-state index contributed by atoms with van der Waals surface area (Å²) in [6.45, 7) is 1.04. The highest BCUT2D eigenvalue weighted by Crippen LogP contribution is 2.39. The second-order valence-corrected chi connectivity index (χ2v) is 7.92. The van der Waals surface area contributed by atoms with Gasteiger partial charge in [-0.15, -0.1) is 0 Å². The summed E-state index contributed by atoms with van der Waals surface area (Å²) in [6, 6.07) is 26.3. The maximum absolute atomic E-state index is 12.9. The Morgan fingerprint density at radius 1 is 0.778 bits per heavy atom. The number of hydrogen-bond donors (Lipinski definition) is 1. The summed E-state index contributed by atoms with van der Waals surface area (Å²) in [4.78, 5) is 17.2. The summed E-state index contributed by atoms with van der Waals surface area (Å²) in [5.41, 5.74) is 3.16. The molecule has 0 aliphatic rings. The molecule has 0 spiro atoms. The molecule has 184 valence electrons. The van der Waals surface area contributed by atoms with E-state index >= 15 is 0 Å². The monoisotopic (exact) mass is 484 g/mol. The van der Waals surface area contributed by atoms with Crippen molar-refractivity contribution in [2.24, 2.45) is 0 Å². The molecule has 4 aromatic rings. The zero-order valence-corrected chi connectivity index (χ0v) is 20.3. The number of carbonyl (C=O) groups excluding carboxylic acids is 1. The topological polar surface area (TPSA) is 78.9 Å². The van der Waals surface area contributed by atoms with E-state index in [1.165, 1.54) is 14.2 Å². The smallest absolute Gasteiger partial charge is 0.251 e. The number of rotatable bonds is 11. The van der Waals surface area contributed by atoms with Gasteiger partial charge < -0.3 is 24.3 Å². The summed E-state index contributed by atoms with van der Waals surface area (Å²) >= 11 is 0. The molecule has 0 unspecified atom stereocenters. The third kappa shape index (κ3) is 6.54. The van der Waals surface area contributed by atoms with E-state index in [0.717, 1.165) is 16.8 Å². The Morgan fingerprint density at radius 2 is 1.50 bits per heavy atom. The van der Waals surface area contributed by atoms with Crippen molar-refractivity contribution < 1.29 is 23.7 Å². The fourth-order valence-electron chi connectivity index (χ4n) is 3.55. The molecule has 0 aliphatic carbocycles. The van der Waals surface area contributed by atoms with Crippen molar-refractivity contribution in [2.75, 3.05) is 14.2 Å². The number of pyridine rings is 1. The zero-order valence-electron chi connectivity index (χ0n) is 20.3. The molecule has 0 aliphatic heterocycles. The zero-order chi connectivity index (χ0) is 25.2. The van der Waals surface area contributed by atoms with Crippen LogP contribution in [0.4, 0.5) is 0 Å². The van der Waals surface area contributed by atoms with Crippen LogP contribution in [0.2, 0.25) is 0 Å². The number of methoxy groups -OCH3 is 2. The predicted octanol–water partition coefficient (Wildman–Crippen LogP) is 5.19. The lowest BCUT2D eigenvalue weighted by atomic mass is 10.1. The fourth-order valence-corrected chi connectivity index (χ4v) is 3.55. The van der Waals surface area contributed by atoms with E-state index in [2.05, 4.69) is 10.3 Å². The molecule has 0 saturated carbocycles.